The van der Waals surface area contributed by atoms with Crippen LogP contribution in [-0.4, -0.2) is 23.5 Å². The van der Waals surface area contributed by atoms with E-state index in [4.69, 9.17) is 14.6 Å². The fourth-order valence-corrected chi connectivity index (χ4v) is 2.86. The van der Waals surface area contributed by atoms with Crippen molar-refractivity contribution in [2.75, 3.05) is 6.61 Å². The van der Waals surface area contributed by atoms with E-state index in [2.05, 4.69) is 6.92 Å². The zero-order valence-electron chi connectivity index (χ0n) is 17.7. The molecule has 0 aliphatic carbocycles. The van der Waals surface area contributed by atoms with Crippen molar-refractivity contribution in [3.8, 4) is 11.5 Å². The number of aryl methyl sites for hydroxylation is 1. The van der Waals surface area contributed by atoms with Crippen LogP contribution in [0.1, 0.15) is 55.1 Å². The fraction of sp³-hybridized carbons (Fsp3) is 0.280. The Morgan fingerprint density at radius 2 is 1.80 bits per heavy atom. The lowest BCUT2D eigenvalue weighted by molar-refractivity contribution is -0.139. The zero-order valence-corrected chi connectivity index (χ0v) is 17.7. The lowest BCUT2D eigenvalue weighted by atomic mass is 10.1. The zero-order chi connectivity index (χ0) is 21.9. The number of carbonyl (C=O) groups excluding carboxylic acids is 1. The number of carbonyl (C=O) groups is 2. The maximum Gasteiger partial charge on any atom is 0.341 e. The number of rotatable bonds is 11. The van der Waals surface area contributed by atoms with E-state index in [0.717, 1.165) is 24.2 Å². The van der Waals surface area contributed by atoms with Crippen molar-refractivity contribution < 1.29 is 24.2 Å². The van der Waals surface area contributed by atoms with E-state index < -0.39 is 12.6 Å². The maximum absolute atomic E-state index is 12.7. The van der Waals surface area contributed by atoms with Crippen LogP contribution in [0.15, 0.2) is 60.4 Å². The number of carboxylic acids is 1. The minimum atomic E-state index is -1.12. The molecule has 30 heavy (non-hydrogen) atoms. The van der Waals surface area contributed by atoms with Gasteiger partial charge in [-0.3, -0.25) is 4.79 Å². The van der Waals surface area contributed by atoms with Gasteiger partial charge >= 0.3 is 5.97 Å². The third-order valence-electron chi connectivity index (χ3n) is 4.43. The van der Waals surface area contributed by atoms with Gasteiger partial charge < -0.3 is 14.6 Å². The van der Waals surface area contributed by atoms with E-state index in [-0.39, 0.29) is 17.1 Å². The van der Waals surface area contributed by atoms with E-state index in [1.807, 2.05) is 44.2 Å². The standard InChI is InChI=1S/C25H28O5/c1-4-7-18-8-10-19(11-9-18)12-15-23(26)22-14-13-21(30-20(5-2)6-3)16-24(22)29-17-25(27)28/h5,8-16H,4,6-7,17H2,1-3H3,(H,27,28)/b15-12-,20-5-. The quantitative estimate of drug-likeness (QED) is 0.294. The van der Waals surface area contributed by atoms with Gasteiger partial charge in [-0.25, -0.2) is 4.79 Å². The van der Waals surface area contributed by atoms with Crippen molar-refractivity contribution in [2.45, 2.75) is 40.0 Å². The summed E-state index contributed by atoms with van der Waals surface area (Å²) in [4.78, 5) is 23.7. The number of allylic oxidation sites excluding steroid dienone is 3. The Hall–Kier alpha value is -3.34. The van der Waals surface area contributed by atoms with Crippen LogP contribution >= 0.6 is 0 Å². The highest BCUT2D eigenvalue weighted by Crippen LogP contribution is 2.27. The van der Waals surface area contributed by atoms with Gasteiger partial charge in [0.2, 0.25) is 0 Å². The van der Waals surface area contributed by atoms with Crippen LogP contribution < -0.4 is 9.47 Å². The number of ether oxygens (including phenoxy) is 2. The smallest absolute Gasteiger partial charge is 0.341 e. The monoisotopic (exact) mass is 408 g/mol. The second-order valence-corrected chi connectivity index (χ2v) is 6.74. The lowest BCUT2D eigenvalue weighted by Gasteiger charge is -2.12. The first kappa shape index (κ1) is 22.9. The van der Waals surface area contributed by atoms with Crippen LogP contribution in [0.5, 0.6) is 11.5 Å². The number of hydrogen-bond donors (Lipinski definition) is 1. The van der Waals surface area contributed by atoms with E-state index >= 15 is 0 Å². The summed E-state index contributed by atoms with van der Waals surface area (Å²) in [7, 11) is 0. The number of benzene rings is 2. The molecule has 0 heterocycles. The van der Waals surface area contributed by atoms with Gasteiger partial charge in [0.15, 0.2) is 12.4 Å². The van der Waals surface area contributed by atoms with Crippen LogP contribution in [-0.2, 0) is 11.2 Å². The van der Waals surface area contributed by atoms with E-state index in [0.29, 0.717) is 12.2 Å². The van der Waals surface area contributed by atoms with Crippen molar-refractivity contribution in [3.63, 3.8) is 0 Å². The Kier molecular flexibility index (Phi) is 8.88. The molecule has 0 bridgehead atoms. The maximum atomic E-state index is 12.7. The summed E-state index contributed by atoms with van der Waals surface area (Å²) in [6, 6.07) is 12.8. The first-order valence-corrected chi connectivity index (χ1v) is 10.1. The highest BCUT2D eigenvalue weighted by molar-refractivity contribution is 6.08. The molecular weight excluding hydrogens is 380 g/mol. The molecule has 0 unspecified atom stereocenters. The number of carboxylic acid groups (broad SMARTS) is 1. The van der Waals surface area contributed by atoms with Crippen LogP contribution in [0.4, 0.5) is 0 Å². The van der Waals surface area contributed by atoms with Crippen molar-refractivity contribution in [1.29, 1.82) is 0 Å². The van der Waals surface area contributed by atoms with Gasteiger partial charge in [-0.2, -0.15) is 0 Å². The Morgan fingerprint density at radius 1 is 1.07 bits per heavy atom. The van der Waals surface area contributed by atoms with Crippen molar-refractivity contribution >= 4 is 17.8 Å². The van der Waals surface area contributed by atoms with Gasteiger partial charge in [0.05, 0.1) is 11.3 Å². The molecule has 1 N–H and O–H groups in total. The lowest BCUT2D eigenvalue weighted by Crippen LogP contribution is -2.12. The predicted octanol–water partition coefficient (Wildman–Crippen LogP) is 5.69. The molecule has 0 aliphatic heterocycles. The average Bonchev–Trinajstić information content (AvgIpc) is 2.75. The minimum absolute atomic E-state index is 0.175. The van der Waals surface area contributed by atoms with Gasteiger partial charge in [-0.15, -0.1) is 0 Å². The summed E-state index contributed by atoms with van der Waals surface area (Å²) in [6.45, 7) is 5.43. The van der Waals surface area contributed by atoms with Crippen molar-refractivity contribution in [2.24, 2.45) is 0 Å². The Morgan fingerprint density at radius 3 is 2.40 bits per heavy atom. The molecule has 0 amide bonds. The van der Waals surface area contributed by atoms with Gasteiger partial charge in [-0.1, -0.05) is 50.6 Å². The van der Waals surface area contributed by atoms with Crippen molar-refractivity contribution in [1.82, 2.24) is 0 Å². The van der Waals surface area contributed by atoms with Crippen LogP contribution in [0.2, 0.25) is 0 Å². The molecule has 0 fully saturated rings. The first-order valence-electron chi connectivity index (χ1n) is 10.1. The molecule has 0 atom stereocenters. The molecule has 158 valence electrons. The second-order valence-electron chi connectivity index (χ2n) is 6.74. The molecule has 5 heteroatoms. The second kappa shape index (κ2) is 11.6. The van der Waals surface area contributed by atoms with Gasteiger partial charge in [0.25, 0.3) is 0 Å². The molecule has 0 aliphatic rings. The van der Waals surface area contributed by atoms with Gasteiger partial charge in [0.1, 0.15) is 11.5 Å². The molecule has 2 aromatic rings. The first-order chi connectivity index (χ1) is 14.5. The normalized spacial score (nSPS) is 11.5. The Bertz CT molecular complexity index is 923. The van der Waals surface area contributed by atoms with Crippen LogP contribution in [0, 0.1) is 0 Å². The molecular formula is C25H28O5. The van der Waals surface area contributed by atoms with E-state index in [1.165, 1.54) is 11.6 Å². The fourth-order valence-electron chi connectivity index (χ4n) is 2.86. The molecule has 0 aromatic heterocycles. The topological polar surface area (TPSA) is 72.8 Å². The van der Waals surface area contributed by atoms with Crippen LogP contribution in [0.25, 0.3) is 6.08 Å². The van der Waals surface area contributed by atoms with Crippen molar-refractivity contribution in [3.05, 3.63) is 77.1 Å². The summed E-state index contributed by atoms with van der Waals surface area (Å²) in [5.74, 6) is 0.0305. The highest BCUT2D eigenvalue weighted by Gasteiger charge is 2.14. The third kappa shape index (κ3) is 6.92. The molecule has 5 nitrogen and oxygen atoms in total. The minimum Gasteiger partial charge on any atom is -0.481 e. The molecule has 0 spiro atoms. The third-order valence-corrected chi connectivity index (χ3v) is 4.43. The van der Waals surface area contributed by atoms with E-state index in [1.54, 1.807) is 24.3 Å². The van der Waals surface area contributed by atoms with Gasteiger partial charge in [-0.05, 0) is 48.8 Å². The molecule has 0 radical (unpaired) electrons. The molecule has 0 saturated carbocycles. The summed E-state index contributed by atoms with van der Waals surface area (Å²) in [6.07, 6.45) is 7.86. The van der Waals surface area contributed by atoms with Crippen LogP contribution in [0.3, 0.4) is 0 Å². The summed E-state index contributed by atoms with van der Waals surface area (Å²) >= 11 is 0. The summed E-state index contributed by atoms with van der Waals surface area (Å²) < 4.78 is 11.1. The molecule has 0 saturated heterocycles. The number of hydrogen-bond acceptors (Lipinski definition) is 4. The summed E-state index contributed by atoms with van der Waals surface area (Å²) in [5, 5.41) is 8.94. The largest absolute Gasteiger partial charge is 0.481 e. The predicted molar refractivity (Wildman–Crippen MR) is 118 cm³/mol. The van der Waals surface area contributed by atoms with Gasteiger partial charge in [0, 0.05) is 12.5 Å². The Labute approximate surface area is 177 Å². The number of aliphatic carboxylic acids is 1. The SMILES string of the molecule is C/C=C(/CC)Oc1ccc(C(=O)/C=C\c2ccc(CCC)cc2)c(OCC(=O)O)c1. The highest BCUT2D eigenvalue weighted by atomic mass is 16.5. The molecule has 2 rings (SSSR count). The van der Waals surface area contributed by atoms with E-state index in [9.17, 15) is 9.59 Å². The average molecular weight is 408 g/mol. The number of ketones is 1. The Balaban J connectivity index is 2.23. The molecule has 2 aromatic carbocycles. The summed E-state index contributed by atoms with van der Waals surface area (Å²) in [5.41, 5.74) is 2.45.